The number of guanidine groups is 1. The molecule has 0 atom stereocenters. The third-order valence-electron chi connectivity index (χ3n) is 4.66. The lowest BCUT2D eigenvalue weighted by molar-refractivity contribution is 0.380. The Kier molecular flexibility index (Phi) is 6.46. The fourth-order valence-corrected chi connectivity index (χ4v) is 3.18. The van der Waals surface area contributed by atoms with E-state index < -0.39 is 0 Å². The molecule has 2 N–H and O–H groups in total. The van der Waals surface area contributed by atoms with Crippen molar-refractivity contribution in [3.63, 3.8) is 0 Å². The monoisotopic (exact) mass is 368 g/mol. The van der Waals surface area contributed by atoms with Crippen molar-refractivity contribution in [1.82, 2.24) is 25.3 Å². The summed E-state index contributed by atoms with van der Waals surface area (Å²) in [6.45, 7) is 6.58. The Bertz CT molecular complexity index is 873. The van der Waals surface area contributed by atoms with Crippen LogP contribution in [0, 0.1) is 0 Å². The van der Waals surface area contributed by atoms with E-state index in [0.29, 0.717) is 6.54 Å². The van der Waals surface area contributed by atoms with Crippen molar-refractivity contribution in [2.24, 2.45) is 4.99 Å². The Morgan fingerprint density at radius 3 is 2.81 bits per heavy atom. The van der Waals surface area contributed by atoms with Gasteiger partial charge in [0.25, 0.3) is 0 Å². The number of aliphatic imine (C=N–C) groups is 1. The van der Waals surface area contributed by atoms with Crippen LogP contribution in [-0.4, -0.2) is 34.3 Å². The zero-order valence-corrected chi connectivity index (χ0v) is 16.3. The van der Waals surface area contributed by atoms with Gasteiger partial charge >= 0.3 is 0 Å². The summed E-state index contributed by atoms with van der Waals surface area (Å²) in [5, 5.41) is 10.9. The first-order valence-corrected chi connectivity index (χ1v) is 9.57. The maximum Gasteiger partial charge on any atom is 0.191 e. The Labute approximate surface area is 159 Å². The molecule has 3 rings (SSSR count). The number of nitrogens with one attached hydrogen (secondary N) is 2. The van der Waals surface area contributed by atoms with E-state index in [2.05, 4.69) is 50.2 Å². The number of rotatable bonds is 8. The third-order valence-corrected chi connectivity index (χ3v) is 4.66. The van der Waals surface area contributed by atoms with Gasteiger partial charge in [-0.3, -0.25) is 4.99 Å². The first kappa shape index (κ1) is 18.9. The lowest BCUT2D eigenvalue weighted by Crippen LogP contribution is -2.37. The van der Waals surface area contributed by atoms with E-state index in [9.17, 15) is 0 Å². The fraction of sp³-hybridized carbons (Fsp3) is 0.450. The molecule has 2 heterocycles. The van der Waals surface area contributed by atoms with Crippen LogP contribution in [0.5, 0.6) is 0 Å². The van der Waals surface area contributed by atoms with Crippen molar-refractivity contribution < 1.29 is 4.52 Å². The first-order chi connectivity index (χ1) is 13.3. The minimum absolute atomic E-state index is 0.668. The van der Waals surface area contributed by atoms with Gasteiger partial charge in [-0.25, -0.2) is 4.98 Å². The van der Waals surface area contributed by atoms with E-state index >= 15 is 0 Å². The van der Waals surface area contributed by atoms with Crippen molar-refractivity contribution in [1.29, 1.82) is 0 Å². The van der Waals surface area contributed by atoms with E-state index in [-0.39, 0.29) is 0 Å². The number of benzene rings is 1. The number of imidazole rings is 1. The molecule has 0 saturated heterocycles. The second-order valence-corrected chi connectivity index (χ2v) is 6.37. The van der Waals surface area contributed by atoms with Crippen LogP contribution in [0.4, 0.5) is 0 Å². The van der Waals surface area contributed by atoms with Crippen molar-refractivity contribution in [2.45, 2.75) is 46.2 Å². The maximum absolute atomic E-state index is 5.42. The average Bonchev–Trinajstić information content (AvgIpc) is 3.30. The Hall–Kier alpha value is -2.83. The van der Waals surface area contributed by atoms with Crippen LogP contribution in [-0.2, 0) is 25.9 Å². The zero-order valence-electron chi connectivity index (χ0n) is 16.3. The lowest BCUT2D eigenvalue weighted by Gasteiger charge is -2.12. The molecule has 144 valence electrons. The summed E-state index contributed by atoms with van der Waals surface area (Å²) < 4.78 is 7.60. The van der Waals surface area contributed by atoms with Gasteiger partial charge in [0.2, 0.25) is 0 Å². The van der Waals surface area contributed by atoms with Gasteiger partial charge in [-0.15, -0.1) is 0 Å². The van der Waals surface area contributed by atoms with Crippen LogP contribution in [0.1, 0.15) is 37.3 Å². The number of fused-ring (bicyclic) bond motifs is 1. The van der Waals surface area contributed by atoms with Crippen LogP contribution in [0.3, 0.4) is 0 Å². The highest BCUT2D eigenvalue weighted by atomic mass is 16.5. The Morgan fingerprint density at radius 2 is 2.04 bits per heavy atom. The normalized spacial score (nSPS) is 11.9. The van der Waals surface area contributed by atoms with Crippen LogP contribution >= 0.6 is 0 Å². The molecular formula is C20H28N6O. The van der Waals surface area contributed by atoms with Gasteiger partial charge in [-0.1, -0.05) is 31.1 Å². The molecule has 0 amide bonds. The minimum atomic E-state index is 0.668. The SMILES string of the molecule is CCc1noc(CC)c1CNC(=NC)NCCCn1cnc2ccccc21. The van der Waals surface area contributed by atoms with Gasteiger partial charge in [0.05, 0.1) is 23.1 Å². The smallest absolute Gasteiger partial charge is 0.191 e. The molecule has 2 aromatic heterocycles. The molecule has 0 unspecified atom stereocenters. The predicted octanol–water partition coefficient (Wildman–Crippen LogP) is 2.90. The molecule has 0 radical (unpaired) electrons. The molecule has 0 fully saturated rings. The Balaban J connectivity index is 1.48. The molecule has 0 aliphatic carbocycles. The number of para-hydroxylation sites is 2. The summed E-state index contributed by atoms with van der Waals surface area (Å²) in [6, 6.07) is 8.20. The number of aryl methyl sites for hydroxylation is 3. The molecule has 0 spiro atoms. The lowest BCUT2D eigenvalue weighted by atomic mass is 10.1. The molecule has 1 aromatic carbocycles. The molecule has 0 bridgehead atoms. The highest BCUT2D eigenvalue weighted by molar-refractivity contribution is 5.79. The molecule has 0 saturated carbocycles. The van der Waals surface area contributed by atoms with E-state index in [1.807, 2.05) is 24.5 Å². The van der Waals surface area contributed by atoms with Gasteiger partial charge in [0.1, 0.15) is 5.76 Å². The summed E-state index contributed by atoms with van der Waals surface area (Å²) in [5.74, 6) is 1.73. The topological polar surface area (TPSA) is 80.3 Å². The number of hydrogen-bond donors (Lipinski definition) is 2. The summed E-state index contributed by atoms with van der Waals surface area (Å²) >= 11 is 0. The highest BCUT2D eigenvalue weighted by Crippen LogP contribution is 2.15. The van der Waals surface area contributed by atoms with Gasteiger partial charge in [0, 0.05) is 38.7 Å². The second-order valence-electron chi connectivity index (χ2n) is 6.37. The number of nitrogens with zero attached hydrogens (tertiary/aromatic N) is 4. The summed E-state index contributed by atoms with van der Waals surface area (Å²) in [4.78, 5) is 8.74. The molecule has 0 aliphatic rings. The number of hydrogen-bond acceptors (Lipinski definition) is 4. The van der Waals surface area contributed by atoms with Crippen LogP contribution in [0.25, 0.3) is 11.0 Å². The van der Waals surface area contributed by atoms with Crippen LogP contribution in [0.15, 0.2) is 40.1 Å². The average molecular weight is 368 g/mol. The van der Waals surface area contributed by atoms with Gasteiger partial charge < -0.3 is 19.7 Å². The molecular weight excluding hydrogens is 340 g/mol. The fourth-order valence-electron chi connectivity index (χ4n) is 3.18. The summed E-state index contributed by atoms with van der Waals surface area (Å²) in [5.41, 5.74) is 4.37. The second kappa shape index (κ2) is 9.21. The Morgan fingerprint density at radius 1 is 1.19 bits per heavy atom. The van der Waals surface area contributed by atoms with Gasteiger partial charge in [-0.05, 0) is 25.0 Å². The molecule has 0 aliphatic heterocycles. The van der Waals surface area contributed by atoms with Gasteiger partial charge in [0.15, 0.2) is 5.96 Å². The third kappa shape index (κ3) is 4.48. The van der Waals surface area contributed by atoms with E-state index in [1.54, 1.807) is 7.05 Å². The van der Waals surface area contributed by atoms with Gasteiger partial charge in [-0.2, -0.15) is 0 Å². The summed E-state index contributed by atoms with van der Waals surface area (Å²) in [7, 11) is 1.79. The molecule has 3 aromatic rings. The quantitative estimate of drug-likeness (QED) is 0.363. The first-order valence-electron chi connectivity index (χ1n) is 9.57. The minimum Gasteiger partial charge on any atom is -0.361 e. The molecule has 27 heavy (non-hydrogen) atoms. The summed E-state index contributed by atoms with van der Waals surface area (Å²) in [6.07, 6.45) is 4.59. The highest BCUT2D eigenvalue weighted by Gasteiger charge is 2.13. The van der Waals surface area contributed by atoms with Crippen molar-refractivity contribution in [3.05, 3.63) is 47.6 Å². The van der Waals surface area contributed by atoms with Crippen molar-refractivity contribution in [2.75, 3.05) is 13.6 Å². The van der Waals surface area contributed by atoms with Crippen molar-refractivity contribution in [3.8, 4) is 0 Å². The maximum atomic E-state index is 5.42. The predicted molar refractivity (Wildman–Crippen MR) is 108 cm³/mol. The number of aromatic nitrogens is 3. The van der Waals surface area contributed by atoms with Crippen LogP contribution in [0.2, 0.25) is 0 Å². The molecule has 7 heteroatoms. The van der Waals surface area contributed by atoms with Crippen molar-refractivity contribution >= 4 is 17.0 Å². The van der Waals surface area contributed by atoms with Crippen LogP contribution < -0.4 is 10.6 Å². The molecule has 7 nitrogen and oxygen atoms in total. The zero-order chi connectivity index (χ0) is 19.1. The van der Waals surface area contributed by atoms with E-state index in [0.717, 1.165) is 60.8 Å². The van der Waals surface area contributed by atoms with E-state index in [4.69, 9.17) is 4.52 Å². The van der Waals surface area contributed by atoms with E-state index in [1.165, 1.54) is 5.52 Å². The largest absolute Gasteiger partial charge is 0.361 e. The standard InChI is InChI=1S/C20H28N6O/c1-4-16-15(19(5-2)27-25-16)13-23-20(21-3)22-11-8-12-26-14-24-17-9-6-7-10-18(17)26/h6-7,9-10,14H,4-5,8,11-13H2,1-3H3,(H2,21,22,23).